The zero-order valence-corrected chi connectivity index (χ0v) is 16.6. The van der Waals surface area contributed by atoms with Crippen molar-refractivity contribution < 1.29 is 17.9 Å². The lowest BCUT2D eigenvalue weighted by atomic mass is 10.1. The number of benzene rings is 2. The molecule has 0 aliphatic rings. The number of hydrogen-bond acceptors (Lipinski definition) is 4. The second-order valence-electron chi connectivity index (χ2n) is 6.39. The van der Waals surface area contributed by atoms with Crippen molar-refractivity contribution >= 4 is 15.9 Å². The molecule has 0 bridgehead atoms. The summed E-state index contributed by atoms with van der Waals surface area (Å²) in [7, 11) is -3.55. The summed E-state index contributed by atoms with van der Waals surface area (Å²) in [6, 6.07) is 15.4. The average Bonchev–Trinajstić information content (AvgIpc) is 2.67. The van der Waals surface area contributed by atoms with Crippen LogP contribution in [0.2, 0.25) is 0 Å². The maximum atomic E-state index is 12.2. The van der Waals surface area contributed by atoms with E-state index in [4.69, 9.17) is 4.74 Å². The Bertz CT molecular complexity index is 836. The Morgan fingerprint density at radius 2 is 1.67 bits per heavy atom. The Morgan fingerprint density at radius 3 is 2.26 bits per heavy atom. The van der Waals surface area contributed by atoms with Crippen LogP contribution < -0.4 is 14.8 Å². The number of nitrogens with one attached hydrogen (secondary N) is 2. The zero-order chi connectivity index (χ0) is 19.9. The minimum absolute atomic E-state index is 0.124. The van der Waals surface area contributed by atoms with Gasteiger partial charge in [0.25, 0.3) is 5.91 Å². The molecule has 0 spiro atoms. The van der Waals surface area contributed by atoms with Crippen LogP contribution in [-0.4, -0.2) is 27.0 Å². The Morgan fingerprint density at radius 1 is 1.04 bits per heavy atom. The monoisotopic (exact) mass is 390 g/mol. The number of carbonyl (C=O) groups is 1. The van der Waals surface area contributed by atoms with Gasteiger partial charge in [-0.15, -0.1) is 0 Å². The fraction of sp³-hybridized carbons (Fsp3) is 0.350. The van der Waals surface area contributed by atoms with Gasteiger partial charge in [0.1, 0.15) is 5.75 Å². The van der Waals surface area contributed by atoms with Crippen LogP contribution in [0.25, 0.3) is 0 Å². The fourth-order valence-electron chi connectivity index (χ4n) is 2.39. The number of carbonyl (C=O) groups excluding carboxylic acids is 1. The highest BCUT2D eigenvalue weighted by atomic mass is 32.2. The minimum Gasteiger partial charge on any atom is -0.484 e. The number of hydrogen-bond donors (Lipinski definition) is 2. The van der Waals surface area contributed by atoms with Crippen molar-refractivity contribution in [2.75, 3.05) is 6.61 Å². The van der Waals surface area contributed by atoms with E-state index in [2.05, 4.69) is 10.0 Å². The molecule has 0 saturated heterocycles. The van der Waals surface area contributed by atoms with Crippen LogP contribution >= 0.6 is 0 Å². The first-order valence-electron chi connectivity index (χ1n) is 8.91. The van der Waals surface area contributed by atoms with Crippen LogP contribution in [0, 0.1) is 0 Å². The van der Waals surface area contributed by atoms with Crippen molar-refractivity contribution in [1.29, 1.82) is 0 Å². The second kappa shape index (κ2) is 9.53. The first-order valence-corrected chi connectivity index (χ1v) is 10.4. The molecule has 0 saturated carbocycles. The van der Waals surface area contributed by atoms with Crippen LogP contribution in [0.3, 0.4) is 0 Å². The average molecular weight is 391 g/mol. The van der Waals surface area contributed by atoms with E-state index in [9.17, 15) is 13.2 Å². The Kier molecular flexibility index (Phi) is 7.38. The topological polar surface area (TPSA) is 84.5 Å². The number of sulfonamides is 1. The van der Waals surface area contributed by atoms with Crippen molar-refractivity contribution in [2.45, 2.75) is 44.2 Å². The molecule has 0 aliphatic carbocycles. The maximum Gasteiger partial charge on any atom is 0.258 e. The molecule has 2 atom stereocenters. The van der Waals surface area contributed by atoms with Gasteiger partial charge < -0.3 is 10.1 Å². The van der Waals surface area contributed by atoms with Crippen LogP contribution in [0.15, 0.2) is 59.5 Å². The first kappa shape index (κ1) is 20.9. The van der Waals surface area contributed by atoms with E-state index >= 15 is 0 Å². The molecule has 6 nitrogen and oxygen atoms in total. The molecule has 0 heterocycles. The molecule has 2 rings (SSSR count). The summed E-state index contributed by atoms with van der Waals surface area (Å²) in [6.45, 7) is 5.48. The van der Waals surface area contributed by atoms with Crippen molar-refractivity contribution in [3.63, 3.8) is 0 Å². The van der Waals surface area contributed by atoms with Gasteiger partial charge >= 0.3 is 0 Å². The molecule has 0 fully saturated rings. The highest BCUT2D eigenvalue weighted by Gasteiger charge is 2.16. The lowest BCUT2D eigenvalue weighted by Crippen LogP contribution is -2.32. The molecule has 0 radical (unpaired) electrons. The summed E-state index contributed by atoms with van der Waals surface area (Å²) >= 11 is 0. The molecule has 2 aromatic carbocycles. The van der Waals surface area contributed by atoms with E-state index in [1.54, 1.807) is 12.1 Å². The van der Waals surface area contributed by atoms with Gasteiger partial charge in [-0.1, -0.05) is 37.3 Å². The van der Waals surface area contributed by atoms with E-state index in [-0.39, 0.29) is 29.5 Å². The van der Waals surface area contributed by atoms with Gasteiger partial charge in [0.2, 0.25) is 10.0 Å². The minimum atomic E-state index is -3.55. The molecule has 0 aromatic heterocycles. The van der Waals surface area contributed by atoms with Gasteiger partial charge in [-0.25, -0.2) is 13.1 Å². The molecule has 27 heavy (non-hydrogen) atoms. The van der Waals surface area contributed by atoms with Crippen LogP contribution in [0.5, 0.6) is 5.75 Å². The second-order valence-corrected chi connectivity index (χ2v) is 8.10. The molecule has 1 amide bonds. The first-order chi connectivity index (χ1) is 12.8. The number of amides is 1. The van der Waals surface area contributed by atoms with Crippen molar-refractivity contribution in [3.05, 3.63) is 60.2 Å². The largest absolute Gasteiger partial charge is 0.484 e. The van der Waals surface area contributed by atoms with Crippen molar-refractivity contribution in [1.82, 2.24) is 10.0 Å². The maximum absolute atomic E-state index is 12.2. The van der Waals surface area contributed by atoms with Gasteiger partial charge in [-0.05, 0) is 50.1 Å². The van der Waals surface area contributed by atoms with Crippen LogP contribution in [0.4, 0.5) is 0 Å². The Labute approximate surface area is 161 Å². The van der Waals surface area contributed by atoms with Gasteiger partial charge in [-0.3, -0.25) is 4.79 Å². The standard InChI is InChI=1S/C20H26N2O4S/c1-4-15(2)22-27(24,25)19-12-10-18(11-13-19)26-14-20(23)21-16(3)17-8-6-5-7-9-17/h5-13,15-16,22H,4,14H2,1-3H3,(H,21,23)/t15-,16-/m1/s1. The summed E-state index contributed by atoms with van der Waals surface area (Å²) in [5, 5.41) is 2.86. The van der Waals surface area contributed by atoms with E-state index in [0.717, 1.165) is 5.56 Å². The van der Waals surface area contributed by atoms with Crippen molar-refractivity contribution in [3.8, 4) is 5.75 Å². The molecule has 146 valence electrons. The molecule has 2 aromatic rings. The van der Waals surface area contributed by atoms with Crippen LogP contribution in [0.1, 0.15) is 38.8 Å². The zero-order valence-electron chi connectivity index (χ0n) is 15.8. The summed E-state index contributed by atoms with van der Waals surface area (Å²) in [5.41, 5.74) is 1.01. The van der Waals surface area contributed by atoms with E-state index < -0.39 is 10.0 Å². The third-order valence-electron chi connectivity index (χ3n) is 4.15. The van der Waals surface area contributed by atoms with E-state index in [1.165, 1.54) is 12.1 Å². The lowest BCUT2D eigenvalue weighted by molar-refractivity contribution is -0.123. The molecule has 0 aliphatic heterocycles. The predicted molar refractivity (Wildman–Crippen MR) is 105 cm³/mol. The summed E-state index contributed by atoms with van der Waals surface area (Å²) in [5.74, 6) is 0.182. The molecule has 0 unspecified atom stereocenters. The normalized spacial score (nSPS) is 13.6. The molecule has 7 heteroatoms. The Balaban J connectivity index is 1.88. The molecular formula is C20H26N2O4S. The van der Waals surface area contributed by atoms with Gasteiger partial charge in [-0.2, -0.15) is 0 Å². The predicted octanol–water partition coefficient (Wildman–Crippen LogP) is 3.02. The molecular weight excluding hydrogens is 364 g/mol. The highest BCUT2D eigenvalue weighted by molar-refractivity contribution is 7.89. The third-order valence-corrected chi connectivity index (χ3v) is 5.76. The van der Waals surface area contributed by atoms with Gasteiger partial charge in [0, 0.05) is 6.04 Å². The summed E-state index contributed by atoms with van der Waals surface area (Å²) in [6.07, 6.45) is 0.705. The Hall–Kier alpha value is -2.38. The summed E-state index contributed by atoms with van der Waals surface area (Å²) in [4.78, 5) is 12.2. The number of rotatable bonds is 9. The van der Waals surface area contributed by atoms with E-state index in [1.807, 2.05) is 51.1 Å². The smallest absolute Gasteiger partial charge is 0.258 e. The van der Waals surface area contributed by atoms with Crippen molar-refractivity contribution in [2.24, 2.45) is 0 Å². The lowest BCUT2D eigenvalue weighted by Gasteiger charge is -2.15. The number of ether oxygens (including phenoxy) is 1. The van der Waals surface area contributed by atoms with E-state index in [0.29, 0.717) is 12.2 Å². The highest BCUT2D eigenvalue weighted by Crippen LogP contribution is 2.17. The SMILES string of the molecule is CC[C@@H](C)NS(=O)(=O)c1ccc(OCC(=O)N[C@H](C)c2ccccc2)cc1. The van der Waals surface area contributed by atoms with Gasteiger partial charge in [0.05, 0.1) is 10.9 Å². The quantitative estimate of drug-likeness (QED) is 0.689. The fourth-order valence-corrected chi connectivity index (χ4v) is 3.72. The van der Waals surface area contributed by atoms with Gasteiger partial charge in [0.15, 0.2) is 6.61 Å². The van der Waals surface area contributed by atoms with Crippen LogP contribution in [-0.2, 0) is 14.8 Å². The third kappa shape index (κ3) is 6.37. The molecule has 2 N–H and O–H groups in total. The summed E-state index contributed by atoms with van der Waals surface area (Å²) < 4.78 is 32.5.